The van der Waals surface area contributed by atoms with Gasteiger partial charge in [0.2, 0.25) is 0 Å². The third-order valence-electron chi connectivity index (χ3n) is 4.33. The van der Waals surface area contributed by atoms with Gasteiger partial charge in [0.1, 0.15) is 17.4 Å². The highest BCUT2D eigenvalue weighted by molar-refractivity contribution is 7.09. The van der Waals surface area contributed by atoms with E-state index in [0.29, 0.717) is 30.4 Å². The van der Waals surface area contributed by atoms with Crippen molar-refractivity contribution in [3.63, 3.8) is 0 Å². The molecular weight excluding hydrogens is 312 g/mol. The molecule has 2 aliphatic rings. The van der Waals surface area contributed by atoms with Gasteiger partial charge in [0.05, 0.1) is 17.8 Å². The Labute approximate surface area is 138 Å². The molecule has 1 aliphatic carbocycles. The first-order valence-electron chi connectivity index (χ1n) is 7.85. The van der Waals surface area contributed by atoms with Crippen molar-refractivity contribution in [1.29, 1.82) is 0 Å². The Balaban J connectivity index is 1.55. The third-order valence-corrected chi connectivity index (χ3v) is 5.19. The molecule has 0 radical (unpaired) electrons. The predicted octanol–water partition coefficient (Wildman–Crippen LogP) is 3.11. The van der Waals surface area contributed by atoms with Crippen LogP contribution in [0.15, 0.2) is 23.6 Å². The van der Waals surface area contributed by atoms with E-state index in [0.717, 1.165) is 23.7 Å². The molecule has 0 spiro atoms. The van der Waals surface area contributed by atoms with Crippen molar-refractivity contribution in [2.75, 3.05) is 13.2 Å². The van der Waals surface area contributed by atoms with Crippen molar-refractivity contribution < 1.29 is 14.6 Å². The molecule has 0 unspecified atom stereocenters. The number of carboxylic acids is 1. The number of benzene rings is 1. The Morgan fingerprint density at radius 1 is 1.43 bits per heavy atom. The maximum Gasteiger partial charge on any atom is 0.336 e. The van der Waals surface area contributed by atoms with Gasteiger partial charge in [-0.05, 0) is 25.0 Å². The molecule has 0 saturated heterocycles. The van der Waals surface area contributed by atoms with Gasteiger partial charge >= 0.3 is 5.97 Å². The summed E-state index contributed by atoms with van der Waals surface area (Å²) in [5.74, 6) is 0.453. The molecule has 0 atom stereocenters. The van der Waals surface area contributed by atoms with E-state index >= 15 is 0 Å². The molecule has 1 aromatic heterocycles. The van der Waals surface area contributed by atoms with Crippen molar-refractivity contribution in [2.24, 2.45) is 0 Å². The quantitative estimate of drug-likeness (QED) is 0.933. The Bertz CT molecular complexity index is 739. The number of aromatic nitrogens is 1. The number of rotatable bonds is 4. The topological polar surface area (TPSA) is 62.7 Å². The van der Waals surface area contributed by atoms with Crippen LogP contribution >= 0.6 is 11.3 Å². The molecule has 0 amide bonds. The lowest BCUT2D eigenvalue weighted by atomic mass is 10.1. The fraction of sp³-hybridized carbons (Fsp3) is 0.412. The lowest BCUT2D eigenvalue weighted by Gasteiger charge is -2.18. The number of aromatic carboxylic acids is 1. The third kappa shape index (κ3) is 3.09. The van der Waals surface area contributed by atoms with E-state index < -0.39 is 5.97 Å². The van der Waals surface area contributed by atoms with Gasteiger partial charge in [0, 0.05) is 30.0 Å². The largest absolute Gasteiger partial charge is 0.492 e. The average molecular weight is 330 g/mol. The maximum atomic E-state index is 11.5. The highest BCUT2D eigenvalue weighted by Crippen LogP contribution is 2.40. The average Bonchev–Trinajstić information content (AvgIpc) is 3.31. The number of carboxylic acid groups (broad SMARTS) is 1. The second-order valence-electron chi connectivity index (χ2n) is 6.09. The summed E-state index contributed by atoms with van der Waals surface area (Å²) in [4.78, 5) is 18.4. The first-order chi connectivity index (χ1) is 11.2. The number of hydrogen-bond acceptors (Lipinski definition) is 5. The van der Waals surface area contributed by atoms with Gasteiger partial charge in [0.15, 0.2) is 0 Å². The molecule has 1 saturated carbocycles. The number of carbonyl (C=O) groups is 1. The summed E-state index contributed by atoms with van der Waals surface area (Å²) in [7, 11) is 0. The van der Waals surface area contributed by atoms with E-state index in [-0.39, 0.29) is 0 Å². The fourth-order valence-electron chi connectivity index (χ4n) is 2.94. The Kier molecular flexibility index (Phi) is 3.79. The first kappa shape index (κ1) is 14.7. The van der Waals surface area contributed by atoms with Gasteiger partial charge in [0.25, 0.3) is 0 Å². The highest BCUT2D eigenvalue weighted by Gasteiger charge is 2.27. The van der Waals surface area contributed by atoms with Crippen LogP contribution in [0.3, 0.4) is 0 Å². The standard InChI is InChI=1S/C17H18N2O3S/c20-17(21)12-2-1-3-15-13(12)8-19(6-7-22-15)9-16-18-14(10-23-16)11-4-5-11/h1-3,10-11H,4-9H2,(H,20,21). The van der Waals surface area contributed by atoms with Crippen molar-refractivity contribution in [3.05, 3.63) is 45.4 Å². The van der Waals surface area contributed by atoms with Crippen LogP contribution in [0.1, 0.15) is 45.4 Å². The molecular formula is C17H18N2O3S. The van der Waals surface area contributed by atoms with Crippen molar-refractivity contribution in [1.82, 2.24) is 9.88 Å². The van der Waals surface area contributed by atoms with Gasteiger partial charge in [-0.15, -0.1) is 11.3 Å². The smallest absolute Gasteiger partial charge is 0.336 e. The van der Waals surface area contributed by atoms with Gasteiger partial charge in [-0.1, -0.05) is 6.07 Å². The Hall–Kier alpha value is -1.92. The van der Waals surface area contributed by atoms with Gasteiger partial charge in [-0.2, -0.15) is 0 Å². The molecule has 0 bridgehead atoms. The molecule has 1 fully saturated rings. The van der Waals surface area contributed by atoms with Crippen LogP contribution in [-0.4, -0.2) is 34.1 Å². The zero-order chi connectivity index (χ0) is 15.8. The van der Waals surface area contributed by atoms with E-state index in [2.05, 4.69) is 10.3 Å². The SMILES string of the molecule is O=C(O)c1cccc2c1CN(Cc1nc(C3CC3)cs1)CCO2. The summed E-state index contributed by atoms with van der Waals surface area (Å²) in [5, 5.41) is 12.7. The lowest BCUT2D eigenvalue weighted by molar-refractivity contribution is 0.0694. The van der Waals surface area contributed by atoms with Crippen LogP contribution in [0.25, 0.3) is 0 Å². The number of hydrogen-bond donors (Lipinski definition) is 1. The zero-order valence-corrected chi connectivity index (χ0v) is 13.5. The summed E-state index contributed by atoms with van der Waals surface area (Å²) in [6, 6.07) is 5.23. The minimum Gasteiger partial charge on any atom is -0.492 e. The van der Waals surface area contributed by atoms with E-state index in [1.165, 1.54) is 18.5 Å². The van der Waals surface area contributed by atoms with Crippen LogP contribution in [0.5, 0.6) is 5.75 Å². The lowest BCUT2D eigenvalue weighted by Crippen LogP contribution is -2.25. The van der Waals surface area contributed by atoms with Crippen LogP contribution in [0, 0.1) is 0 Å². The molecule has 1 aliphatic heterocycles. The van der Waals surface area contributed by atoms with Crippen LogP contribution in [0.2, 0.25) is 0 Å². The summed E-state index contributed by atoms with van der Waals surface area (Å²) >= 11 is 1.70. The second-order valence-corrected chi connectivity index (χ2v) is 7.03. The monoisotopic (exact) mass is 330 g/mol. The van der Waals surface area contributed by atoms with Crippen LogP contribution < -0.4 is 4.74 Å². The number of ether oxygens (including phenoxy) is 1. The van der Waals surface area contributed by atoms with Crippen molar-refractivity contribution >= 4 is 17.3 Å². The first-order valence-corrected chi connectivity index (χ1v) is 8.73. The zero-order valence-electron chi connectivity index (χ0n) is 12.7. The van der Waals surface area contributed by atoms with E-state index in [4.69, 9.17) is 9.72 Å². The molecule has 6 heteroatoms. The van der Waals surface area contributed by atoms with Gasteiger partial charge < -0.3 is 9.84 Å². The Morgan fingerprint density at radius 3 is 3.09 bits per heavy atom. The molecule has 5 nitrogen and oxygen atoms in total. The number of nitrogens with zero attached hydrogens (tertiary/aromatic N) is 2. The summed E-state index contributed by atoms with van der Waals surface area (Å²) in [6.45, 7) is 2.66. The number of fused-ring (bicyclic) bond motifs is 1. The van der Waals surface area contributed by atoms with E-state index in [1.54, 1.807) is 23.5 Å². The molecule has 23 heavy (non-hydrogen) atoms. The maximum absolute atomic E-state index is 11.5. The van der Waals surface area contributed by atoms with Gasteiger partial charge in [-0.3, -0.25) is 4.90 Å². The van der Waals surface area contributed by atoms with Crippen molar-refractivity contribution in [2.45, 2.75) is 31.8 Å². The minimum absolute atomic E-state index is 0.326. The normalized spacial score (nSPS) is 18.1. The number of thiazole rings is 1. The molecule has 1 aromatic carbocycles. The van der Waals surface area contributed by atoms with Crippen LogP contribution in [0.4, 0.5) is 0 Å². The molecule has 4 rings (SSSR count). The molecule has 1 N–H and O–H groups in total. The van der Waals surface area contributed by atoms with E-state index in [1.807, 2.05) is 6.07 Å². The summed E-state index contributed by atoms with van der Waals surface area (Å²) in [6.07, 6.45) is 2.52. The van der Waals surface area contributed by atoms with Gasteiger partial charge in [-0.25, -0.2) is 9.78 Å². The summed E-state index contributed by atoms with van der Waals surface area (Å²) < 4.78 is 5.74. The van der Waals surface area contributed by atoms with Crippen molar-refractivity contribution in [3.8, 4) is 5.75 Å². The molecule has 2 aromatic rings. The fourth-order valence-corrected chi connectivity index (χ4v) is 3.86. The second kappa shape index (κ2) is 5.94. The minimum atomic E-state index is -0.905. The highest BCUT2D eigenvalue weighted by atomic mass is 32.1. The predicted molar refractivity (Wildman–Crippen MR) is 87.1 cm³/mol. The molecule has 120 valence electrons. The van der Waals surface area contributed by atoms with Crippen LogP contribution in [-0.2, 0) is 13.1 Å². The molecule has 2 heterocycles. The Morgan fingerprint density at radius 2 is 2.30 bits per heavy atom. The van der Waals surface area contributed by atoms with E-state index in [9.17, 15) is 9.90 Å². The summed E-state index contributed by atoms with van der Waals surface area (Å²) in [5.41, 5.74) is 2.31.